The minimum atomic E-state index is -0.0801. The fourth-order valence-corrected chi connectivity index (χ4v) is 7.49. The monoisotopic (exact) mass is 487 g/mol. The van der Waals surface area contributed by atoms with Crippen LogP contribution in [0.1, 0.15) is 158 Å². The Morgan fingerprint density at radius 1 is 0.722 bits per heavy atom. The Morgan fingerprint density at radius 2 is 1.25 bits per heavy atom. The zero-order chi connectivity index (χ0) is 25.6. The Bertz CT molecular complexity index is 832. The molecule has 2 nitrogen and oxygen atoms in total. The second-order valence-corrected chi connectivity index (χ2v) is 11.7. The maximum atomic E-state index is 10.6. The van der Waals surface area contributed by atoms with Crippen LogP contribution in [0.2, 0.25) is 0 Å². The fourth-order valence-electron chi connectivity index (χ4n) is 7.49. The van der Waals surface area contributed by atoms with Crippen LogP contribution in [0.25, 0.3) is 0 Å². The number of benzene rings is 1. The van der Waals surface area contributed by atoms with E-state index in [1.165, 1.54) is 108 Å². The van der Waals surface area contributed by atoms with E-state index in [1.54, 1.807) is 0 Å². The van der Waals surface area contributed by atoms with Crippen LogP contribution in [-0.4, -0.2) is 0 Å². The summed E-state index contributed by atoms with van der Waals surface area (Å²) in [5.74, 6) is 1.16. The minimum Gasteiger partial charge on any atom is -0.192 e. The Morgan fingerprint density at radius 3 is 1.72 bits per heavy atom. The smallest absolute Gasteiger partial charge is 0.101 e. The average molecular weight is 488 g/mol. The van der Waals surface area contributed by atoms with Gasteiger partial charge in [0.2, 0.25) is 0 Å². The SMILES string of the molecule is CCC[CH]C(c1ccc(CCCCC)c(C#N)c1C#N)(C1CCCCCCC1)C1CCCCCCC1. The third kappa shape index (κ3) is 6.94. The van der Waals surface area contributed by atoms with E-state index in [2.05, 4.69) is 44.5 Å². The van der Waals surface area contributed by atoms with Gasteiger partial charge in [-0.2, -0.15) is 10.5 Å². The van der Waals surface area contributed by atoms with Crippen LogP contribution >= 0.6 is 0 Å². The van der Waals surface area contributed by atoms with Gasteiger partial charge in [0.15, 0.2) is 0 Å². The molecular formula is C34H51N2. The van der Waals surface area contributed by atoms with E-state index >= 15 is 0 Å². The van der Waals surface area contributed by atoms with Gasteiger partial charge in [-0.05, 0) is 74.3 Å². The van der Waals surface area contributed by atoms with Crippen LogP contribution in [-0.2, 0) is 11.8 Å². The van der Waals surface area contributed by atoms with Crippen molar-refractivity contribution in [3.63, 3.8) is 0 Å². The number of aryl methyl sites for hydroxylation is 1. The van der Waals surface area contributed by atoms with Gasteiger partial charge in [0.25, 0.3) is 0 Å². The van der Waals surface area contributed by atoms with Crippen LogP contribution in [0.5, 0.6) is 0 Å². The minimum absolute atomic E-state index is 0.0801. The van der Waals surface area contributed by atoms with Crippen LogP contribution in [0.15, 0.2) is 12.1 Å². The molecule has 0 unspecified atom stereocenters. The second kappa shape index (κ2) is 15.5. The van der Waals surface area contributed by atoms with E-state index in [-0.39, 0.29) is 5.41 Å². The molecule has 197 valence electrons. The van der Waals surface area contributed by atoms with E-state index in [9.17, 15) is 10.5 Å². The molecule has 3 rings (SSSR count). The molecule has 2 aliphatic carbocycles. The molecule has 2 aliphatic rings. The second-order valence-electron chi connectivity index (χ2n) is 11.7. The Kier molecular flexibility index (Phi) is 12.3. The molecule has 2 fully saturated rings. The molecule has 1 aromatic rings. The maximum Gasteiger partial charge on any atom is 0.101 e. The van der Waals surface area contributed by atoms with Crippen molar-refractivity contribution < 1.29 is 0 Å². The lowest BCUT2D eigenvalue weighted by molar-refractivity contribution is 0.139. The van der Waals surface area contributed by atoms with Crippen LogP contribution in [0.3, 0.4) is 0 Å². The molecule has 0 N–H and O–H groups in total. The summed E-state index contributed by atoms with van der Waals surface area (Å²) < 4.78 is 0. The third-order valence-corrected chi connectivity index (χ3v) is 9.36. The van der Waals surface area contributed by atoms with Crippen molar-refractivity contribution in [1.29, 1.82) is 10.5 Å². The van der Waals surface area contributed by atoms with Crippen molar-refractivity contribution in [2.75, 3.05) is 0 Å². The summed E-state index contributed by atoms with van der Waals surface area (Å²) in [6.45, 7) is 4.51. The van der Waals surface area contributed by atoms with Crippen molar-refractivity contribution in [1.82, 2.24) is 0 Å². The topological polar surface area (TPSA) is 47.6 Å². The summed E-state index contributed by atoms with van der Waals surface area (Å²) in [6, 6.07) is 9.71. The van der Waals surface area contributed by atoms with Crippen LogP contribution in [0, 0.1) is 40.9 Å². The molecule has 2 saturated carbocycles. The molecule has 2 heteroatoms. The van der Waals surface area contributed by atoms with Crippen LogP contribution < -0.4 is 0 Å². The van der Waals surface area contributed by atoms with Gasteiger partial charge < -0.3 is 0 Å². The summed E-state index contributed by atoms with van der Waals surface area (Å²) in [6.07, 6.45) is 27.7. The van der Waals surface area contributed by atoms with Gasteiger partial charge in [-0.1, -0.05) is 109 Å². The molecule has 0 aliphatic heterocycles. The van der Waals surface area contributed by atoms with Gasteiger partial charge in [-0.15, -0.1) is 0 Å². The highest BCUT2D eigenvalue weighted by atomic mass is 14.5. The van der Waals surface area contributed by atoms with Gasteiger partial charge in [-0.3, -0.25) is 0 Å². The number of hydrogen-bond acceptors (Lipinski definition) is 2. The molecule has 0 heterocycles. The van der Waals surface area contributed by atoms with E-state index < -0.39 is 0 Å². The first-order valence-electron chi connectivity index (χ1n) is 15.5. The van der Waals surface area contributed by atoms with Crippen LogP contribution in [0.4, 0.5) is 0 Å². The van der Waals surface area contributed by atoms with Crippen molar-refractivity contribution in [3.8, 4) is 12.1 Å². The van der Waals surface area contributed by atoms with E-state index in [0.717, 1.165) is 31.2 Å². The zero-order valence-electron chi connectivity index (χ0n) is 23.4. The lowest BCUT2D eigenvalue weighted by Gasteiger charge is -2.49. The van der Waals surface area contributed by atoms with E-state index in [4.69, 9.17) is 0 Å². The number of nitrogens with zero attached hydrogens (tertiary/aromatic N) is 2. The van der Waals surface area contributed by atoms with Gasteiger partial charge in [0.05, 0.1) is 11.1 Å². The van der Waals surface area contributed by atoms with Crippen molar-refractivity contribution in [3.05, 3.63) is 40.8 Å². The number of nitriles is 2. The highest BCUT2D eigenvalue weighted by Crippen LogP contribution is 2.53. The molecule has 36 heavy (non-hydrogen) atoms. The quantitative estimate of drug-likeness (QED) is 0.308. The first-order chi connectivity index (χ1) is 17.7. The summed E-state index contributed by atoms with van der Waals surface area (Å²) in [4.78, 5) is 0. The lowest BCUT2D eigenvalue weighted by Crippen LogP contribution is -2.45. The highest BCUT2D eigenvalue weighted by molar-refractivity contribution is 5.58. The summed E-state index contributed by atoms with van der Waals surface area (Å²) in [5.41, 5.74) is 3.61. The van der Waals surface area contributed by atoms with Crippen molar-refractivity contribution in [2.45, 2.75) is 148 Å². The summed E-state index contributed by atoms with van der Waals surface area (Å²) >= 11 is 0. The molecule has 0 aromatic heterocycles. The first kappa shape index (κ1) is 28.8. The fraction of sp³-hybridized carbons (Fsp3) is 0.735. The predicted octanol–water partition coefficient (Wildman–Crippen LogP) is 10.1. The van der Waals surface area contributed by atoms with Gasteiger partial charge in [0.1, 0.15) is 12.1 Å². The number of unbranched alkanes of at least 4 members (excludes halogenated alkanes) is 3. The number of rotatable bonds is 10. The highest BCUT2D eigenvalue weighted by Gasteiger charge is 2.47. The number of hydrogen-bond donors (Lipinski definition) is 0. The Balaban J connectivity index is 2.19. The molecule has 0 amide bonds. The first-order valence-corrected chi connectivity index (χ1v) is 15.5. The molecule has 1 aromatic carbocycles. The Hall–Kier alpha value is -1.80. The van der Waals surface area contributed by atoms with Gasteiger partial charge in [0, 0.05) is 5.41 Å². The predicted molar refractivity (Wildman–Crippen MR) is 152 cm³/mol. The normalized spacial score (nSPS) is 18.9. The molecule has 1 radical (unpaired) electrons. The third-order valence-electron chi connectivity index (χ3n) is 9.36. The molecule has 0 spiro atoms. The zero-order valence-corrected chi connectivity index (χ0v) is 23.4. The summed E-state index contributed by atoms with van der Waals surface area (Å²) in [5, 5.41) is 20.9. The molecule has 0 saturated heterocycles. The van der Waals surface area contributed by atoms with Gasteiger partial charge in [-0.25, -0.2) is 0 Å². The Labute approximate surface area is 222 Å². The van der Waals surface area contributed by atoms with Gasteiger partial charge >= 0.3 is 0 Å². The van der Waals surface area contributed by atoms with Crippen molar-refractivity contribution >= 4 is 0 Å². The summed E-state index contributed by atoms with van der Waals surface area (Å²) in [7, 11) is 0. The lowest BCUT2D eigenvalue weighted by atomic mass is 9.54. The van der Waals surface area contributed by atoms with E-state index in [1.807, 2.05) is 0 Å². The molecular weight excluding hydrogens is 436 g/mol. The standard InChI is InChI=1S/C34H51N2/c1-3-5-13-18-28-23-24-33(32(27-36)31(28)26-35)34(25-6-4-2,29-19-14-9-7-10-15-20-29)30-21-16-11-8-12-17-22-30/h23-25,29-30H,3-22H2,1-2H3. The van der Waals surface area contributed by atoms with E-state index in [0.29, 0.717) is 23.0 Å². The molecule has 0 bridgehead atoms. The molecule has 0 atom stereocenters. The maximum absolute atomic E-state index is 10.6. The largest absolute Gasteiger partial charge is 0.192 e. The average Bonchev–Trinajstić information content (AvgIpc) is 2.85. The van der Waals surface area contributed by atoms with Crippen molar-refractivity contribution in [2.24, 2.45) is 11.8 Å².